The molecular weight excluding hydrogens is 283 g/mol. The Labute approximate surface area is 105 Å². The predicted molar refractivity (Wildman–Crippen MR) is 74.6 cm³/mol. The number of hydrogen-bond acceptors (Lipinski definition) is 0. The highest BCUT2D eigenvalue weighted by molar-refractivity contribution is 9.10. The average molecular weight is 297 g/mol. The number of halogens is 2. The largest absolute Gasteiger partial charge is 0.206 e. The van der Waals surface area contributed by atoms with E-state index in [0.29, 0.717) is 5.39 Å². The normalized spacial score (nSPS) is 12.1. The lowest BCUT2D eigenvalue weighted by Crippen LogP contribution is -2.40. The molecule has 0 saturated heterocycles. The van der Waals surface area contributed by atoms with E-state index in [4.69, 9.17) is 0 Å². The van der Waals surface area contributed by atoms with Crippen molar-refractivity contribution in [1.29, 1.82) is 0 Å². The standard InChI is InChI=1S/C13H14BrFSi/c1-16(2,3)12-8-11(14)9-6-4-5-7-10(9)13(12)15/h4-8H,1-3H3. The van der Waals surface area contributed by atoms with E-state index < -0.39 is 8.07 Å². The van der Waals surface area contributed by atoms with Crippen molar-refractivity contribution in [2.75, 3.05) is 0 Å². The smallest absolute Gasteiger partial charge is 0.130 e. The van der Waals surface area contributed by atoms with Gasteiger partial charge in [-0.3, -0.25) is 0 Å². The predicted octanol–water partition coefficient (Wildman–Crippen LogP) is 4.29. The molecule has 0 aliphatic rings. The molecule has 2 rings (SSSR count). The summed E-state index contributed by atoms with van der Waals surface area (Å²) < 4.78 is 15.3. The van der Waals surface area contributed by atoms with Crippen molar-refractivity contribution in [1.82, 2.24) is 0 Å². The Kier molecular flexibility index (Phi) is 2.93. The molecule has 0 bridgehead atoms. The minimum Gasteiger partial charge on any atom is -0.206 e. The maximum atomic E-state index is 14.4. The Bertz CT molecular complexity index is 543. The van der Waals surface area contributed by atoms with Crippen molar-refractivity contribution in [2.24, 2.45) is 0 Å². The first-order chi connectivity index (χ1) is 7.41. The van der Waals surface area contributed by atoms with Gasteiger partial charge in [-0.2, -0.15) is 0 Å². The summed E-state index contributed by atoms with van der Waals surface area (Å²) in [7, 11) is -1.63. The molecule has 0 unspecified atom stereocenters. The van der Waals surface area contributed by atoms with Crippen LogP contribution in [0.5, 0.6) is 0 Å². The molecule has 84 valence electrons. The van der Waals surface area contributed by atoms with Gasteiger partial charge in [0.05, 0.1) is 8.07 Å². The van der Waals surface area contributed by atoms with Crippen LogP contribution in [0.4, 0.5) is 4.39 Å². The Morgan fingerprint density at radius 1 is 1.06 bits per heavy atom. The average Bonchev–Trinajstić information content (AvgIpc) is 2.22. The molecule has 16 heavy (non-hydrogen) atoms. The lowest BCUT2D eigenvalue weighted by Gasteiger charge is -2.19. The highest BCUT2D eigenvalue weighted by Crippen LogP contribution is 2.26. The molecule has 0 saturated carbocycles. The molecule has 0 spiro atoms. The van der Waals surface area contributed by atoms with Crippen molar-refractivity contribution in [3.63, 3.8) is 0 Å². The number of benzene rings is 2. The Balaban J connectivity index is 2.86. The van der Waals surface area contributed by atoms with Crippen molar-refractivity contribution >= 4 is 40.0 Å². The van der Waals surface area contributed by atoms with E-state index in [1.54, 1.807) is 0 Å². The molecule has 0 aliphatic heterocycles. The molecule has 0 nitrogen and oxygen atoms in total. The van der Waals surface area contributed by atoms with Gasteiger partial charge < -0.3 is 0 Å². The van der Waals surface area contributed by atoms with Crippen LogP contribution in [0.3, 0.4) is 0 Å². The highest BCUT2D eigenvalue weighted by Gasteiger charge is 2.23. The van der Waals surface area contributed by atoms with Gasteiger partial charge in [0.25, 0.3) is 0 Å². The zero-order chi connectivity index (χ0) is 11.9. The molecule has 0 fully saturated rings. The summed E-state index contributed by atoms with van der Waals surface area (Å²) in [6.45, 7) is 6.48. The summed E-state index contributed by atoms with van der Waals surface area (Å²) in [5.41, 5.74) is 0. The summed E-state index contributed by atoms with van der Waals surface area (Å²) in [4.78, 5) is 0. The maximum Gasteiger partial charge on any atom is 0.130 e. The second-order valence-corrected chi connectivity index (χ2v) is 10.9. The van der Waals surface area contributed by atoms with Gasteiger partial charge in [-0.25, -0.2) is 4.39 Å². The molecule has 0 aliphatic carbocycles. The minimum atomic E-state index is -1.63. The van der Waals surface area contributed by atoms with Crippen LogP contribution in [0.15, 0.2) is 34.8 Å². The first-order valence-electron chi connectivity index (χ1n) is 5.28. The molecule has 0 radical (unpaired) electrons. The van der Waals surface area contributed by atoms with E-state index in [1.165, 1.54) is 0 Å². The number of rotatable bonds is 1. The highest BCUT2D eigenvalue weighted by atomic mass is 79.9. The maximum absolute atomic E-state index is 14.4. The first-order valence-corrected chi connectivity index (χ1v) is 9.58. The van der Waals surface area contributed by atoms with Gasteiger partial charge in [0.15, 0.2) is 0 Å². The topological polar surface area (TPSA) is 0 Å². The molecule has 0 aromatic heterocycles. The van der Waals surface area contributed by atoms with Crippen LogP contribution in [-0.2, 0) is 0 Å². The van der Waals surface area contributed by atoms with Crippen LogP contribution in [0.25, 0.3) is 10.8 Å². The SMILES string of the molecule is C[Si](C)(C)c1cc(Br)c2ccccc2c1F. The fourth-order valence-corrected chi connectivity index (χ4v) is 4.00. The van der Waals surface area contributed by atoms with Crippen molar-refractivity contribution in [2.45, 2.75) is 19.6 Å². The van der Waals surface area contributed by atoms with Gasteiger partial charge in [-0.15, -0.1) is 0 Å². The van der Waals surface area contributed by atoms with Crippen LogP contribution in [0, 0.1) is 5.82 Å². The van der Waals surface area contributed by atoms with Crippen molar-refractivity contribution in [3.8, 4) is 0 Å². The third-order valence-corrected chi connectivity index (χ3v) is 5.37. The summed E-state index contributed by atoms with van der Waals surface area (Å²) in [5, 5.41) is 2.55. The molecule has 0 atom stereocenters. The lowest BCUT2D eigenvalue weighted by molar-refractivity contribution is 0.646. The van der Waals surface area contributed by atoms with Gasteiger partial charge in [-0.1, -0.05) is 59.8 Å². The Hall–Kier alpha value is -0.673. The third kappa shape index (κ3) is 1.94. The van der Waals surface area contributed by atoms with Gasteiger partial charge in [0.2, 0.25) is 0 Å². The van der Waals surface area contributed by atoms with E-state index in [2.05, 4.69) is 35.6 Å². The minimum absolute atomic E-state index is 0.0435. The summed E-state index contributed by atoms with van der Waals surface area (Å²) in [6.07, 6.45) is 0. The Morgan fingerprint density at radius 3 is 2.19 bits per heavy atom. The van der Waals surface area contributed by atoms with Crippen LogP contribution in [0.1, 0.15) is 0 Å². The molecule has 0 heterocycles. The molecule has 2 aromatic carbocycles. The number of hydrogen-bond donors (Lipinski definition) is 0. The van der Waals surface area contributed by atoms with Gasteiger partial charge in [-0.05, 0) is 16.6 Å². The first kappa shape index (κ1) is 11.8. The zero-order valence-electron chi connectivity index (χ0n) is 9.64. The molecular formula is C13H14BrFSi. The van der Waals surface area contributed by atoms with Gasteiger partial charge in [0, 0.05) is 9.86 Å². The second-order valence-electron chi connectivity index (χ2n) is 5.02. The van der Waals surface area contributed by atoms with E-state index in [0.717, 1.165) is 15.0 Å². The molecule has 3 heteroatoms. The van der Waals surface area contributed by atoms with Crippen molar-refractivity contribution in [3.05, 3.63) is 40.6 Å². The quantitative estimate of drug-likeness (QED) is 0.689. The Morgan fingerprint density at radius 2 is 1.62 bits per heavy atom. The zero-order valence-corrected chi connectivity index (χ0v) is 12.2. The van der Waals surface area contributed by atoms with E-state index >= 15 is 0 Å². The van der Waals surface area contributed by atoms with E-state index in [-0.39, 0.29) is 5.82 Å². The molecule has 0 N–H and O–H groups in total. The fraction of sp³-hybridized carbons (Fsp3) is 0.231. The number of fused-ring (bicyclic) bond motifs is 1. The molecule has 2 aromatic rings. The molecule has 0 amide bonds. The van der Waals surface area contributed by atoms with Crippen LogP contribution in [-0.4, -0.2) is 8.07 Å². The third-order valence-electron chi connectivity index (χ3n) is 2.74. The summed E-state index contributed by atoms with van der Waals surface area (Å²) >= 11 is 3.53. The van der Waals surface area contributed by atoms with Gasteiger partial charge in [0.1, 0.15) is 5.82 Å². The second kappa shape index (κ2) is 3.97. The van der Waals surface area contributed by atoms with Crippen LogP contribution < -0.4 is 5.19 Å². The van der Waals surface area contributed by atoms with Crippen LogP contribution in [0.2, 0.25) is 19.6 Å². The summed E-state index contributed by atoms with van der Waals surface area (Å²) in [6, 6.07) is 9.55. The summed E-state index contributed by atoms with van der Waals surface area (Å²) in [5.74, 6) is -0.0435. The van der Waals surface area contributed by atoms with E-state index in [9.17, 15) is 4.39 Å². The lowest BCUT2D eigenvalue weighted by atomic mass is 10.1. The van der Waals surface area contributed by atoms with E-state index in [1.807, 2.05) is 30.3 Å². The monoisotopic (exact) mass is 296 g/mol. The van der Waals surface area contributed by atoms with Crippen molar-refractivity contribution < 1.29 is 4.39 Å². The fourth-order valence-electron chi connectivity index (χ4n) is 1.84. The van der Waals surface area contributed by atoms with Crippen LogP contribution >= 0.6 is 15.9 Å². The van der Waals surface area contributed by atoms with Gasteiger partial charge >= 0.3 is 0 Å².